The summed E-state index contributed by atoms with van der Waals surface area (Å²) in [6.07, 6.45) is 8.07. The summed E-state index contributed by atoms with van der Waals surface area (Å²) >= 11 is 0. The summed E-state index contributed by atoms with van der Waals surface area (Å²) in [5.74, 6) is 2.33. The molecule has 150 valence electrons. The molecule has 0 bridgehead atoms. The largest absolute Gasteiger partial charge is 0.379 e. The number of morpholine rings is 1. The van der Waals surface area contributed by atoms with Crippen molar-refractivity contribution in [3.63, 3.8) is 0 Å². The molecule has 0 spiro atoms. The summed E-state index contributed by atoms with van der Waals surface area (Å²) < 4.78 is 7.83. The lowest BCUT2D eigenvalue weighted by Gasteiger charge is -2.32. The zero-order valence-corrected chi connectivity index (χ0v) is 16.7. The van der Waals surface area contributed by atoms with E-state index in [4.69, 9.17) is 14.7 Å². The van der Waals surface area contributed by atoms with Crippen molar-refractivity contribution in [2.75, 3.05) is 52.5 Å². The van der Waals surface area contributed by atoms with Crippen LogP contribution >= 0.6 is 0 Å². The Labute approximate surface area is 162 Å². The van der Waals surface area contributed by atoms with Crippen LogP contribution in [-0.4, -0.2) is 83.8 Å². The minimum Gasteiger partial charge on any atom is -0.379 e. The van der Waals surface area contributed by atoms with Crippen molar-refractivity contribution in [2.24, 2.45) is 4.99 Å². The molecule has 3 aliphatic heterocycles. The molecule has 4 rings (SSSR count). The minimum absolute atomic E-state index is 0.637. The summed E-state index contributed by atoms with van der Waals surface area (Å²) in [5, 5.41) is 3.49. The van der Waals surface area contributed by atoms with Gasteiger partial charge in [0.25, 0.3) is 0 Å². The first-order valence-corrected chi connectivity index (χ1v) is 10.7. The molecule has 0 amide bonds. The number of nitrogens with zero attached hydrogens (tertiary/aromatic N) is 5. The quantitative estimate of drug-likeness (QED) is 0.619. The monoisotopic (exact) mass is 374 g/mol. The number of hydrogen-bond acceptors (Lipinski definition) is 4. The van der Waals surface area contributed by atoms with Gasteiger partial charge in [0.15, 0.2) is 5.96 Å². The standard InChI is InChI=1S/C20H34N6O/c1-2-21-20(26-10-7-18(16-26)24-11-13-27-14-12-24)22-8-6-17-15-25-9-4-3-5-19(25)23-17/h15,18H,2-14,16H2,1H3,(H,21,22). The zero-order valence-electron chi connectivity index (χ0n) is 16.7. The van der Waals surface area contributed by atoms with Crippen molar-refractivity contribution in [1.82, 2.24) is 24.7 Å². The third-order valence-corrected chi connectivity index (χ3v) is 5.95. The highest BCUT2D eigenvalue weighted by Crippen LogP contribution is 2.18. The number of aliphatic imine (C=N–C) groups is 1. The van der Waals surface area contributed by atoms with Crippen LogP contribution in [0, 0.1) is 0 Å². The normalized spacial score (nSPS) is 24.3. The molecule has 0 aliphatic carbocycles. The highest BCUT2D eigenvalue weighted by Gasteiger charge is 2.30. The van der Waals surface area contributed by atoms with E-state index in [1.54, 1.807) is 0 Å². The molecule has 1 atom stereocenters. The Bertz CT molecular complexity index is 613. The molecule has 7 heteroatoms. The number of nitrogens with one attached hydrogen (secondary N) is 1. The van der Waals surface area contributed by atoms with Gasteiger partial charge in [0, 0.05) is 70.9 Å². The van der Waals surface area contributed by atoms with Crippen LogP contribution in [-0.2, 0) is 24.1 Å². The van der Waals surface area contributed by atoms with Crippen LogP contribution < -0.4 is 5.32 Å². The molecule has 1 aromatic rings. The van der Waals surface area contributed by atoms with Crippen LogP contribution in [0.15, 0.2) is 11.2 Å². The van der Waals surface area contributed by atoms with Gasteiger partial charge in [-0.2, -0.15) is 0 Å². The number of guanidine groups is 1. The number of aromatic nitrogens is 2. The van der Waals surface area contributed by atoms with Crippen molar-refractivity contribution in [3.8, 4) is 0 Å². The molecule has 4 heterocycles. The summed E-state index contributed by atoms with van der Waals surface area (Å²) in [6.45, 7) is 11.0. The number of ether oxygens (including phenoxy) is 1. The SMILES string of the molecule is CCNC(=NCCc1cn2c(n1)CCCC2)N1CCC(N2CCOCC2)C1. The van der Waals surface area contributed by atoms with Crippen LogP contribution in [0.2, 0.25) is 0 Å². The van der Waals surface area contributed by atoms with Crippen LogP contribution in [0.3, 0.4) is 0 Å². The predicted octanol–water partition coefficient (Wildman–Crippen LogP) is 1.13. The molecular formula is C20H34N6O. The van der Waals surface area contributed by atoms with E-state index in [1.165, 1.54) is 30.8 Å². The smallest absolute Gasteiger partial charge is 0.193 e. The van der Waals surface area contributed by atoms with Crippen LogP contribution in [0.4, 0.5) is 0 Å². The number of hydrogen-bond donors (Lipinski definition) is 1. The van der Waals surface area contributed by atoms with Crippen molar-refractivity contribution in [2.45, 2.75) is 51.6 Å². The molecular weight excluding hydrogens is 340 g/mol. The molecule has 0 aromatic carbocycles. The Balaban J connectivity index is 1.32. The van der Waals surface area contributed by atoms with Crippen molar-refractivity contribution in [1.29, 1.82) is 0 Å². The van der Waals surface area contributed by atoms with E-state index >= 15 is 0 Å². The Kier molecular flexibility index (Phi) is 6.29. The first-order valence-electron chi connectivity index (χ1n) is 10.7. The van der Waals surface area contributed by atoms with Gasteiger partial charge in [-0.3, -0.25) is 9.89 Å². The van der Waals surface area contributed by atoms with E-state index in [0.29, 0.717) is 6.04 Å². The molecule has 1 aromatic heterocycles. The van der Waals surface area contributed by atoms with Crippen LogP contribution in [0.5, 0.6) is 0 Å². The fourth-order valence-corrected chi connectivity index (χ4v) is 4.47. The third kappa shape index (κ3) is 4.63. The predicted molar refractivity (Wildman–Crippen MR) is 107 cm³/mol. The Morgan fingerprint density at radius 2 is 2.15 bits per heavy atom. The maximum Gasteiger partial charge on any atom is 0.193 e. The average molecular weight is 375 g/mol. The molecule has 0 saturated carbocycles. The van der Waals surface area contributed by atoms with Crippen LogP contribution in [0.25, 0.3) is 0 Å². The van der Waals surface area contributed by atoms with Gasteiger partial charge < -0.3 is 19.5 Å². The van der Waals surface area contributed by atoms with Gasteiger partial charge in [0.05, 0.1) is 18.9 Å². The molecule has 3 aliphatic rings. The topological polar surface area (TPSA) is 57.9 Å². The summed E-state index contributed by atoms with van der Waals surface area (Å²) in [4.78, 5) is 14.7. The maximum atomic E-state index is 5.50. The van der Waals surface area contributed by atoms with Gasteiger partial charge in [-0.1, -0.05) is 0 Å². The number of aryl methyl sites for hydroxylation is 2. The van der Waals surface area contributed by atoms with E-state index < -0.39 is 0 Å². The lowest BCUT2D eigenvalue weighted by Crippen LogP contribution is -2.46. The maximum absolute atomic E-state index is 5.50. The summed E-state index contributed by atoms with van der Waals surface area (Å²) in [5.41, 5.74) is 1.19. The van der Waals surface area contributed by atoms with E-state index in [2.05, 4.69) is 32.8 Å². The van der Waals surface area contributed by atoms with E-state index in [9.17, 15) is 0 Å². The molecule has 1 unspecified atom stereocenters. The van der Waals surface area contributed by atoms with E-state index in [0.717, 1.165) is 77.8 Å². The van der Waals surface area contributed by atoms with Gasteiger partial charge in [-0.15, -0.1) is 0 Å². The fourth-order valence-electron chi connectivity index (χ4n) is 4.47. The summed E-state index contributed by atoms with van der Waals surface area (Å²) in [7, 11) is 0. The number of fused-ring (bicyclic) bond motifs is 1. The molecule has 27 heavy (non-hydrogen) atoms. The van der Waals surface area contributed by atoms with Crippen molar-refractivity contribution >= 4 is 5.96 Å². The van der Waals surface area contributed by atoms with Crippen LogP contribution in [0.1, 0.15) is 37.7 Å². The van der Waals surface area contributed by atoms with E-state index in [-0.39, 0.29) is 0 Å². The zero-order chi connectivity index (χ0) is 18.5. The molecule has 2 fully saturated rings. The van der Waals surface area contributed by atoms with Gasteiger partial charge in [0.1, 0.15) is 5.82 Å². The first kappa shape index (κ1) is 18.7. The highest BCUT2D eigenvalue weighted by molar-refractivity contribution is 5.80. The number of likely N-dealkylation sites (tertiary alicyclic amines) is 1. The average Bonchev–Trinajstić information content (AvgIpc) is 3.35. The second-order valence-corrected chi connectivity index (χ2v) is 7.82. The Morgan fingerprint density at radius 1 is 1.26 bits per heavy atom. The lowest BCUT2D eigenvalue weighted by atomic mass is 10.2. The number of imidazole rings is 1. The summed E-state index contributed by atoms with van der Waals surface area (Å²) in [6, 6.07) is 0.637. The number of rotatable bonds is 5. The van der Waals surface area contributed by atoms with Gasteiger partial charge in [0.2, 0.25) is 0 Å². The fraction of sp³-hybridized carbons (Fsp3) is 0.800. The van der Waals surface area contributed by atoms with Crippen molar-refractivity contribution < 1.29 is 4.74 Å². The minimum atomic E-state index is 0.637. The Hall–Kier alpha value is -1.60. The second kappa shape index (κ2) is 9.06. The van der Waals surface area contributed by atoms with Gasteiger partial charge in [-0.25, -0.2) is 4.98 Å². The molecule has 1 N–H and O–H groups in total. The van der Waals surface area contributed by atoms with Gasteiger partial charge >= 0.3 is 0 Å². The van der Waals surface area contributed by atoms with E-state index in [1.807, 2.05) is 0 Å². The second-order valence-electron chi connectivity index (χ2n) is 7.82. The molecule has 2 saturated heterocycles. The first-order chi connectivity index (χ1) is 13.3. The highest BCUT2D eigenvalue weighted by atomic mass is 16.5. The van der Waals surface area contributed by atoms with Gasteiger partial charge in [-0.05, 0) is 26.2 Å². The Morgan fingerprint density at radius 3 is 2.96 bits per heavy atom. The molecule has 7 nitrogen and oxygen atoms in total. The third-order valence-electron chi connectivity index (χ3n) is 5.95. The molecule has 0 radical (unpaired) electrons. The lowest BCUT2D eigenvalue weighted by molar-refractivity contribution is 0.0195. The van der Waals surface area contributed by atoms with Crippen molar-refractivity contribution in [3.05, 3.63) is 17.7 Å².